The van der Waals surface area contributed by atoms with Crippen molar-refractivity contribution in [2.75, 3.05) is 38.5 Å². The molecule has 0 radical (unpaired) electrons. The summed E-state index contributed by atoms with van der Waals surface area (Å²) in [6.07, 6.45) is 8.76. The van der Waals surface area contributed by atoms with E-state index in [0.717, 1.165) is 55.2 Å². The Morgan fingerprint density at radius 1 is 1.23 bits per heavy atom. The van der Waals surface area contributed by atoms with Crippen LogP contribution in [0, 0.1) is 5.92 Å². The van der Waals surface area contributed by atoms with Crippen molar-refractivity contribution in [3.05, 3.63) is 12.5 Å². The van der Waals surface area contributed by atoms with Crippen LogP contribution in [0.3, 0.4) is 0 Å². The number of guanidine groups is 1. The number of amides is 1. The molecule has 10 nitrogen and oxygen atoms in total. The maximum atomic E-state index is 12.6. The van der Waals surface area contributed by atoms with Gasteiger partial charge in [-0.1, -0.05) is 12.8 Å². The molecule has 0 aromatic carbocycles. The van der Waals surface area contributed by atoms with E-state index >= 15 is 0 Å². The highest BCUT2D eigenvalue weighted by molar-refractivity contribution is 14.0. The van der Waals surface area contributed by atoms with Gasteiger partial charge in [-0.25, -0.2) is 9.97 Å². The first kappa shape index (κ1) is 23.5. The molecule has 2 aliphatic rings. The van der Waals surface area contributed by atoms with Crippen molar-refractivity contribution in [2.45, 2.75) is 38.1 Å². The number of aliphatic imine (C=N–C) groups is 1. The summed E-state index contributed by atoms with van der Waals surface area (Å²) in [7, 11) is 3.63. The minimum Gasteiger partial charge on any atom is -0.368 e. The third-order valence-corrected chi connectivity index (χ3v) is 6.01. The van der Waals surface area contributed by atoms with Crippen LogP contribution in [0.5, 0.6) is 0 Å². The second-order valence-electron chi connectivity index (χ2n) is 8.05. The molecule has 2 fully saturated rings. The third-order valence-electron chi connectivity index (χ3n) is 6.01. The number of fused-ring (bicyclic) bond motifs is 1. The van der Waals surface area contributed by atoms with Crippen molar-refractivity contribution in [1.29, 1.82) is 0 Å². The SMILES string of the molecule is CN=C(NCCNc1ncnc2c1cnn2C)NC1CCN(C(=O)C2CCCC2)C1.I. The zero-order valence-electron chi connectivity index (χ0n) is 18.2. The van der Waals surface area contributed by atoms with Gasteiger partial charge in [-0.3, -0.25) is 14.5 Å². The Hall–Kier alpha value is -2.18. The lowest BCUT2D eigenvalue weighted by Crippen LogP contribution is -2.46. The molecule has 1 saturated heterocycles. The molecule has 31 heavy (non-hydrogen) atoms. The van der Waals surface area contributed by atoms with E-state index in [9.17, 15) is 4.79 Å². The summed E-state index contributed by atoms with van der Waals surface area (Å²) in [5.74, 6) is 2.12. The molecule has 1 saturated carbocycles. The molecule has 4 rings (SSSR count). The molecule has 3 heterocycles. The highest BCUT2D eigenvalue weighted by atomic mass is 127. The van der Waals surface area contributed by atoms with Gasteiger partial charge in [0.1, 0.15) is 12.1 Å². The Morgan fingerprint density at radius 2 is 2.03 bits per heavy atom. The first-order valence-electron chi connectivity index (χ1n) is 10.8. The van der Waals surface area contributed by atoms with Crippen molar-refractivity contribution >= 4 is 52.7 Å². The molecule has 1 amide bonds. The fourth-order valence-electron chi connectivity index (χ4n) is 4.36. The summed E-state index contributed by atoms with van der Waals surface area (Å²) in [5, 5.41) is 15.2. The Labute approximate surface area is 199 Å². The summed E-state index contributed by atoms with van der Waals surface area (Å²) in [6.45, 7) is 2.95. The summed E-state index contributed by atoms with van der Waals surface area (Å²) in [6, 6.07) is 0.242. The van der Waals surface area contributed by atoms with Gasteiger partial charge in [-0.15, -0.1) is 24.0 Å². The highest BCUT2D eigenvalue weighted by Crippen LogP contribution is 2.27. The first-order chi connectivity index (χ1) is 14.7. The number of rotatable bonds is 6. The molecular weight excluding hydrogens is 509 g/mol. The first-order valence-corrected chi connectivity index (χ1v) is 10.8. The van der Waals surface area contributed by atoms with Crippen molar-refractivity contribution in [3.63, 3.8) is 0 Å². The number of halogens is 1. The lowest BCUT2D eigenvalue weighted by molar-refractivity contribution is -0.134. The average Bonchev–Trinajstić information content (AvgIpc) is 3.52. The van der Waals surface area contributed by atoms with Crippen LogP contribution in [-0.2, 0) is 11.8 Å². The van der Waals surface area contributed by atoms with Gasteiger partial charge >= 0.3 is 0 Å². The molecule has 1 unspecified atom stereocenters. The van der Waals surface area contributed by atoms with Crippen molar-refractivity contribution in [2.24, 2.45) is 18.0 Å². The van der Waals surface area contributed by atoms with E-state index < -0.39 is 0 Å². The van der Waals surface area contributed by atoms with Gasteiger partial charge in [0, 0.05) is 52.2 Å². The molecular formula is C20H32IN9O. The van der Waals surface area contributed by atoms with E-state index in [2.05, 4.69) is 36.0 Å². The zero-order chi connectivity index (χ0) is 20.9. The second-order valence-corrected chi connectivity index (χ2v) is 8.05. The van der Waals surface area contributed by atoms with Gasteiger partial charge in [-0.05, 0) is 19.3 Å². The topological polar surface area (TPSA) is 112 Å². The van der Waals surface area contributed by atoms with Gasteiger partial charge in [-0.2, -0.15) is 5.10 Å². The molecule has 0 spiro atoms. The molecule has 3 N–H and O–H groups in total. The number of anilines is 1. The lowest BCUT2D eigenvalue weighted by Gasteiger charge is -2.21. The molecule has 0 bridgehead atoms. The van der Waals surface area contributed by atoms with E-state index in [-0.39, 0.29) is 35.9 Å². The number of hydrogen-bond acceptors (Lipinski definition) is 6. The molecule has 11 heteroatoms. The van der Waals surface area contributed by atoms with Crippen molar-refractivity contribution < 1.29 is 4.79 Å². The third kappa shape index (κ3) is 5.55. The van der Waals surface area contributed by atoms with Crippen LogP contribution in [0.1, 0.15) is 32.1 Å². The number of likely N-dealkylation sites (tertiary alicyclic amines) is 1. The van der Waals surface area contributed by atoms with Crippen LogP contribution in [0.15, 0.2) is 17.5 Å². The number of nitrogens with zero attached hydrogens (tertiary/aromatic N) is 6. The number of nitrogens with one attached hydrogen (secondary N) is 3. The van der Waals surface area contributed by atoms with Gasteiger partial charge in [0.25, 0.3) is 0 Å². The molecule has 1 aliphatic heterocycles. The zero-order valence-corrected chi connectivity index (χ0v) is 20.5. The largest absolute Gasteiger partial charge is 0.368 e. The molecule has 1 aliphatic carbocycles. The van der Waals surface area contributed by atoms with Crippen LogP contribution < -0.4 is 16.0 Å². The number of carbonyl (C=O) groups excluding carboxylic acids is 1. The Morgan fingerprint density at radius 3 is 2.81 bits per heavy atom. The number of hydrogen-bond donors (Lipinski definition) is 3. The number of aryl methyl sites for hydroxylation is 1. The second kappa shape index (κ2) is 10.9. The Bertz CT molecular complexity index is 909. The molecule has 170 valence electrons. The van der Waals surface area contributed by atoms with E-state index in [1.165, 1.54) is 12.8 Å². The van der Waals surface area contributed by atoms with Gasteiger partial charge in [0.2, 0.25) is 5.91 Å². The van der Waals surface area contributed by atoms with Gasteiger partial charge in [0.15, 0.2) is 11.6 Å². The lowest BCUT2D eigenvalue weighted by atomic mass is 10.1. The molecule has 2 aromatic rings. The van der Waals surface area contributed by atoms with Gasteiger partial charge in [0.05, 0.1) is 11.6 Å². The highest BCUT2D eigenvalue weighted by Gasteiger charge is 2.32. The predicted molar refractivity (Wildman–Crippen MR) is 132 cm³/mol. The van der Waals surface area contributed by atoms with Crippen LogP contribution >= 0.6 is 24.0 Å². The van der Waals surface area contributed by atoms with Crippen molar-refractivity contribution in [3.8, 4) is 0 Å². The smallest absolute Gasteiger partial charge is 0.225 e. The van der Waals surface area contributed by atoms with Crippen molar-refractivity contribution in [1.82, 2.24) is 35.3 Å². The predicted octanol–water partition coefficient (Wildman–Crippen LogP) is 1.35. The van der Waals surface area contributed by atoms with Gasteiger partial charge < -0.3 is 20.9 Å². The molecule has 1 atom stereocenters. The summed E-state index contributed by atoms with van der Waals surface area (Å²) in [5.41, 5.74) is 0.802. The minimum absolute atomic E-state index is 0. The number of carbonyl (C=O) groups is 1. The summed E-state index contributed by atoms with van der Waals surface area (Å²) < 4.78 is 1.73. The normalized spacial score (nSPS) is 19.5. The maximum absolute atomic E-state index is 12.6. The van der Waals surface area contributed by atoms with E-state index in [1.54, 1.807) is 24.3 Å². The van der Waals surface area contributed by atoms with E-state index in [4.69, 9.17) is 0 Å². The summed E-state index contributed by atoms with van der Waals surface area (Å²) in [4.78, 5) is 27.5. The summed E-state index contributed by atoms with van der Waals surface area (Å²) >= 11 is 0. The molecule has 2 aromatic heterocycles. The Kier molecular flexibility index (Phi) is 8.27. The monoisotopic (exact) mass is 541 g/mol. The average molecular weight is 541 g/mol. The maximum Gasteiger partial charge on any atom is 0.225 e. The van der Waals surface area contributed by atoms with Crippen LogP contribution in [0.2, 0.25) is 0 Å². The van der Waals surface area contributed by atoms with Crippen LogP contribution in [-0.4, -0.2) is 75.8 Å². The fraction of sp³-hybridized carbons (Fsp3) is 0.650. The van der Waals surface area contributed by atoms with Crippen LogP contribution in [0.25, 0.3) is 11.0 Å². The standard InChI is InChI=1S/C20H31N9O.HI/c1-21-20(27-15-7-10-29(12-15)19(30)14-5-3-4-6-14)23-9-8-22-17-16-11-26-28(2)18(16)25-13-24-17;/h11,13-15H,3-10,12H2,1-2H3,(H2,21,23,27)(H,22,24,25);1H. The van der Waals surface area contributed by atoms with E-state index in [1.807, 2.05) is 11.9 Å². The van der Waals surface area contributed by atoms with Crippen LogP contribution in [0.4, 0.5) is 5.82 Å². The number of aromatic nitrogens is 4. The quantitative estimate of drug-likeness (QED) is 0.219. The Balaban J connectivity index is 0.00000272. The fourth-order valence-corrected chi connectivity index (χ4v) is 4.36. The minimum atomic E-state index is 0. The van der Waals surface area contributed by atoms with E-state index in [0.29, 0.717) is 19.0 Å².